The van der Waals surface area contributed by atoms with Crippen LogP contribution in [0.1, 0.15) is 22.9 Å². The number of thiazole rings is 1. The molecule has 0 radical (unpaired) electrons. The number of benzene rings is 2. The summed E-state index contributed by atoms with van der Waals surface area (Å²) in [4.78, 5) is 28.8. The van der Waals surface area contributed by atoms with Crippen molar-refractivity contribution in [1.29, 1.82) is 0 Å². The average Bonchev–Trinajstić information content (AvgIpc) is 3.30. The quantitative estimate of drug-likeness (QED) is 0.346. The minimum Gasteiger partial charge on any atom is -0.465 e. The second-order valence-electron chi connectivity index (χ2n) is 8.07. The molecule has 3 rings (SSSR count). The molecule has 0 aliphatic heterocycles. The number of aliphatic hydroxyl groups is 1. The van der Waals surface area contributed by atoms with Crippen molar-refractivity contribution in [3.8, 4) is 0 Å². The molecule has 0 aliphatic rings. The summed E-state index contributed by atoms with van der Waals surface area (Å²) in [5.74, 6) is -0.654. The third kappa shape index (κ3) is 7.69. The summed E-state index contributed by atoms with van der Waals surface area (Å²) < 4.78 is 0. The molecule has 2 amide bonds. The molecule has 1 heterocycles. The first-order valence-electron chi connectivity index (χ1n) is 10.8. The fourth-order valence-electron chi connectivity index (χ4n) is 4.10. The summed E-state index contributed by atoms with van der Waals surface area (Å²) in [7, 11) is 0. The van der Waals surface area contributed by atoms with E-state index in [9.17, 15) is 19.8 Å². The van der Waals surface area contributed by atoms with Crippen LogP contribution in [0.3, 0.4) is 0 Å². The lowest BCUT2D eigenvalue weighted by Gasteiger charge is -2.35. The van der Waals surface area contributed by atoms with Gasteiger partial charge >= 0.3 is 6.09 Å². The first kappa shape index (κ1) is 24.4. The van der Waals surface area contributed by atoms with Gasteiger partial charge in [-0.3, -0.25) is 9.78 Å². The number of carboxylic acid groups (broad SMARTS) is 1. The van der Waals surface area contributed by atoms with Crippen LogP contribution in [0, 0.1) is 5.92 Å². The maximum atomic E-state index is 12.1. The molecule has 0 saturated carbocycles. The Morgan fingerprint density at radius 1 is 0.909 bits per heavy atom. The Balaban J connectivity index is 1.93. The topological polar surface area (TPSA) is 112 Å². The van der Waals surface area contributed by atoms with Crippen LogP contribution >= 0.6 is 11.3 Å². The first-order valence-corrected chi connectivity index (χ1v) is 11.7. The Morgan fingerprint density at radius 3 is 1.97 bits per heavy atom. The van der Waals surface area contributed by atoms with Crippen molar-refractivity contribution in [1.82, 2.24) is 15.6 Å². The van der Waals surface area contributed by atoms with Gasteiger partial charge in [0.15, 0.2) is 0 Å². The largest absolute Gasteiger partial charge is 0.465 e. The molecular weight excluding hydrogens is 438 g/mol. The zero-order valence-electron chi connectivity index (χ0n) is 18.4. The number of carbonyl (C=O) groups is 2. The molecule has 4 N–H and O–H groups in total. The minimum atomic E-state index is -1.20. The van der Waals surface area contributed by atoms with Gasteiger partial charge in [-0.1, -0.05) is 60.7 Å². The standard InChI is InChI=1S/C25H29N3O4S/c1-17(29)27-22(12-18-8-4-2-5-9-18)21(14-20-15-26-16-33-20)24(30)23(28-25(31)32)13-19-10-6-3-7-11-19/h2-11,15-16,21-24,28,30H,12-14H2,1H3,(H,27,29)(H,31,32)/t21?,22-,23-,24-/m0/s1. The molecule has 0 saturated heterocycles. The number of nitrogens with one attached hydrogen (secondary N) is 2. The number of aliphatic hydroxyl groups excluding tert-OH is 1. The molecule has 4 atom stereocenters. The highest BCUT2D eigenvalue weighted by Gasteiger charge is 2.35. The number of carbonyl (C=O) groups excluding carboxylic acids is 1. The molecular formula is C25H29N3O4S. The number of amides is 2. The lowest BCUT2D eigenvalue weighted by atomic mass is 9.81. The van der Waals surface area contributed by atoms with Gasteiger partial charge in [0.2, 0.25) is 5.91 Å². The minimum absolute atomic E-state index is 0.205. The molecule has 3 aromatic rings. The molecule has 0 spiro atoms. The Hall–Kier alpha value is -3.23. The summed E-state index contributed by atoms with van der Waals surface area (Å²) in [5, 5.41) is 26.5. The highest BCUT2D eigenvalue weighted by molar-refractivity contribution is 7.09. The van der Waals surface area contributed by atoms with Crippen LogP contribution in [0.4, 0.5) is 4.79 Å². The predicted octanol–water partition coefficient (Wildman–Crippen LogP) is 3.29. The molecule has 0 bridgehead atoms. The van der Waals surface area contributed by atoms with Gasteiger partial charge in [0.25, 0.3) is 0 Å². The fraction of sp³-hybridized carbons (Fsp3) is 0.320. The van der Waals surface area contributed by atoms with Crippen LogP contribution in [0.5, 0.6) is 0 Å². The summed E-state index contributed by atoms with van der Waals surface area (Å²) in [6.07, 6.45) is 0.775. The number of hydrogen-bond donors (Lipinski definition) is 4. The summed E-state index contributed by atoms with van der Waals surface area (Å²) in [6.45, 7) is 1.45. The van der Waals surface area contributed by atoms with E-state index in [1.165, 1.54) is 18.3 Å². The third-order valence-corrected chi connectivity index (χ3v) is 6.38. The van der Waals surface area contributed by atoms with Crippen LogP contribution in [0.15, 0.2) is 72.4 Å². The van der Waals surface area contributed by atoms with Gasteiger partial charge in [-0.2, -0.15) is 0 Å². The van der Waals surface area contributed by atoms with Gasteiger partial charge in [-0.25, -0.2) is 4.79 Å². The Bertz CT molecular complexity index is 999. The van der Waals surface area contributed by atoms with Gasteiger partial charge in [-0.05, 0) is 30.4 Å². The monoisotopic (exact) mass is 467 g/mol. The van der Waals surface area contributed by atoms with Gasteiger partial charge in [-0.15, -0.1) is 11.3 Å². The second kappa shape index (κ2) is 12.1. The Labute approximate surface area is 197 Å². The van der Waals surface area contributed by atoms with Crippen LogP contribution in [-0.4, -0.2) is 45.4 Å². The molecule has 0 aliphatic carbocycles. The van der Waals surface area contributed by atoms with E-state index in [2.05, 4.69) is 15.6 Å². The third-order valence-electron chi connectivity index (χ3n) is 5.58. The summed E-state index contributed by atoms with van der Waals surface area (Å²) >= 11 is 1.47. The van der Waals surface area contributed by atoms with Crippen molar-refractivity contribution in [2.24, 2.45) is 5.92 Å². The fourth-order valence-corrected chi connectivity index (χ4v) is 4.76. The maximum Gasteiger partial charge on any atom is 0.404 e. The molecule has 1 aromatic heterocycles. The van der Waals surface area contributed by atoms with E-state index >= 15 is 0 Å². The van der Waals surface area contributed by atoms with Crippen LogP contribution < -0.4 is 10.6 Å². The number of aromatic nitrogens is 1. The highest BCUT2D eigenvalue weighted by atomic mass is 32.1. The SMILES string of the molecule is CC(=O)N[C@@H](Cc1ccccc1)C(Cc1cncs1)[C@H](O)[C@H](Cc1ccccc1)NC(=O)O. The van der Waals surface area contributed by atoms with Crippen LogP contribution in [0.2, 0.25) is 0 Å². The van der Waals surface area contributed by atoms with Crippen molar-refractivity contribution in [2.45, 2.75) is 44.4 Å². The van der Waals surface area contributed by atoms with E-state index in [0.717, 1.165) is 16.0 Å². The summed E-state index contributed by atoms with van der Waals surface area (Å²) in [5.41, 5.74) is 3.65. The van der Waals surface area contributed by atoms with Gasteiger partial charge in [0.05, 0.1) is 17.7 Å². The lowest BCUT2D eigenvalue weighted by Crippen LogP contribution is -2.54. The lowest BCUT2D eigenvalue weighted by molar-refractivity contribution is -0.120. The molecule has 33 heavy (non-hydrogen) atoms. The van der Waals surface area contributed by atoms with E-state index in [-0.39, 0.29) is 5.91 Å². The molecule has 2 aromatic carbocycles. The first-order chi connectivity index (χ1) is 15.9. The molecule has 1 unspecified atom stereocenters. The van der Waals surface area contributed by atoms with E-state index < -0.39 is 30.2 Å². The molecule has 174 valence electrons. The zero-order chi connectivity index (χ0) is 23.6. The predicted molar refractivity (Wildman–Crippen MR) is 128 cm³/mol. The van der Waals surface area contributed by atoms with E-state index in [4.69, 9.17) is 0 Å². The van der Waals surface area contributed by atoms with E-state index in [1.807, 2.05) is 60.7 Å². The number of nitrogens with zero attached hydrogens (tertiary/aromatic N) is 1. The smallest absolute Gasteiger partial charge is 0.404 e. The molecule has 8 heteroatoms. The van der Waals surface area contributed by atoms with Crippen molar-refractivity contribution in [3.63, 3.8) is 0 Å². The van der Waals surface area contributed by atoms with Gasteiger partial charge in [0, 0.05) is 30.0 Å². The maximum absolute atomic E-state index is 12.1. The van der Waals surface area contributed by atoms with E-state index in [0.29, 0.717) is 19.3 Å². The zero-order valence-corrected chi connectivity index (χ0v) is 19.2. The molecule has 7 nitrogen and oxygen atoms in total. The van der Waals surface area contributed by atoms with Crippen molar-refractivity contribution in [2.75, 3.05) is 0 Å². The van der Waals surface area contributed by atoms with Gasteiger partial charge < -0.3 is 20.8 Å². The van der Waals surface area contributed by atoms with Crippen molar-refractivity contribution < 1.29 is 19.8 Å². The van der Waals surface area contributed by atoms with E-state index in [1.54, 1.807) is 11.7 Å². The Morgan fingerprint density at radius 2 is 1.48 bits per heavy atom. The van der Waals surface area contributed by atoms with Crippen LogP contribution in [-0.2, 0) is 24.1 Å². The Kier molecular flexibility index (Phi) is 8.97. The number of hydrogen-bond acceptors (Lipinski definition) is 5. The second-order valence-corrected chi connectivity index (χ2v) is 9.04. The van der Waals surface area contributed by atoms with Crippen LogP contribution in [0.25, 0.3) is 0 Å². The summed E-state index contributed by atoms with van der Waals surface area (Å²) in [6, 6.07) is 18.0. The van der Waals surface area contributed by atoms with Crippen molar-refractivity contribution in [3.05, 3.63) is 88.4 Å². The number of rotatable bonds is 11. The van der Waals surface area contributed by atoms with Gasteiger partial charge in [0.1, 0.15) is 0 Å². The average molecular weight is 468 g/mol. The highest BCUT2D eigenvalue weighted by Crippen LogP contribution is 2.25. The van der Waals surface area contributed by atoms with Crippen molar-refractivity contribution >= 4 is 23.3 Å². The molecule has 0 fully saturated rings. The normalized spacial score (nSPS) is 14.6.